The van der Waals surface area contributed by atoms with E-state index in [0.29, 0.717) is 0 Å². The Hall–Kier alpha value is -1.19. The molecule has 1 atom stereocenters. The summed E-state index contributed by atoms with van der Waals surface area (Å²) < 4.78 is 1.19. The molecule has 0 amide bonds. The molecule has 0 bridgehead atoms. The van der Waals surface area contributed by atoms with E-state index < -0.39 is 0 Å². The number of nitrogens with one attached hydrogen (secondary N) is 1. The van der Waals surface area contributed by atoms with Gasteiger partial charge < -0.3 is 5.32 Å². The Morgan fingerprint density at radius 3 is 2.25 bits per heavy atom. The summed E-state index contributed by atoms with van der Waals surface area (Å²) in [6, 6.07) is 6.88. The van der Waals surface area contributed by atoms with Crippen LogP contribution in [0.1, 0.15) is 40.8 Å². The van der Waals surface area contributed by atoms with Crippen LogP contribution in [0.4, 0.5) is 0 Å². The average Bonchev–Trinajstić information content (AvgIpc) is 2.41. The Labute approximate surface area is 129 Å². The van der Waals surface area contributed by atoms with Gasteiger partial charge in [-0.05, 0) is 55.1 Å². The first-order chi connectivity index (χ1) is 9.52. The van der Waals surface area contributed by atoms with E-state index in [9.17, 15) is 0 Å². The predicted octanol–water partition coefficient (Wildman–Crippen LogP) is 4.47. The van der Waals surface area contributed by atoms with Gasteiger partial charge in [0.05, 0.1) is 6.04 Å². The Balaban J connectivity index is 2.48. The SMILES string of the molecule is CCNC(c1cncc(C)c1)c1cc(C)c(Br)c(C)c1. The summed E-state index contributed by atoms with van der Waals surface area (Å²) in [6.07, 6.45) is 3.84. The number of hydrogen-bond donors (Lipinski definition) is 1. The van der Waals surface area contributed by atoms with Crippen LogP contribution in [0.5, 0.6) is 0 Å². The lowest BCUT2D eigenvalue weighted by Gasteiger charge is -2.21. The first-order valence-electron chi connectivity index (χ1n) is 6.94. The highest BCUT2D eigenvalue weighted by molar-refractivity contribution is 9.10. The van der Waals surface area contributed by atoms with Crippen LogP contribution in [0.25, 0.3) is 0 Å². The van der Waals surface area contributed by atoms with Crippen LogP contribution >= 0.6 is 15.9 Å². The maximum atomic E-state index is 4.33. The van der Waals surface area contributed by atoms with E-state index in [0.717, 1.165) is 6.54 Å². The summed E-state index contributed by atoms with van der Waals surface area (Å²) in [7, 11) is 0. The molecule has 3 heteroatoms. The molecule has 0 saturated heterocycles. The van der Waals surface area contributed by atoms with Gasteiger partial charge in [0.1, 0.15) is 0 Å². The van der Waals surface area contributed by atoms with Gasteiger partial charge in [-0.2, -0.15) is 0 Å². The molecule has 106 valence electrons. The Morgan fingerprint density at radius 2 is 1.70 bits per heavy atom. The van der Waals surface area contributed by atoms with Crippen molar-refractivity contribution in [1.82, 2.24) is 10.3 Å². The fraction of sp³-hybridized carbons (Fsp3) is 0.353. The number of hydrogen-bond acceptors (Lipinski definition) is 2. The van der Waals surface area contributed by atoms with Gasteiger partial charge in [0.2, 0.25) is 0 Å². The summed E-state index contributed by atoms with van der Waals surface area (Å²) in [5.41, 5.74) is 6.23. The Morgan fingerprint density at radius 1 is 1.05 bits per heavy atom. The van der Waals surface area contributed by atoms with Crippen LogP contribution in [0.3, 0.4) is 0 Å². The molecular weight excluding hydrogens is 312 g/mol. The molecule has 1 unspecified atom stereocenters. The van der Waals surface area contributed by atoms with Crippen molar-refractivity contribution >= 4 is 15.9 Å². The van der Waals surface area contributed by atoms with E-state index in [4.69, 9.17) is 0 Å². The zero-order valence-corrected chi connectivity index (χ0v) is 14.1. The first-order valence-corrected chi connectivity index (χ1v) is 7.73. The van der Waals surface area contributed by atoms with Gasteiger partial charge in [0.25, 0.3) is 0 Å². The van der Waals surface area contributed by atoms with Crippen LogP contribution < -0.4 is 5.32 Å². The topological polar surface area (TPSA) is 24.9 Å². The largest absolute Gasteiger partial charge is 0.306 e. The average molecular weight is 333 g/mol. The molecule has 0 saturated carbocycles. The number of pyridine rings is 1. The molecule has 1 heterocycles. The third-order valence-corrected chi connectivity index (χ3v) is 4.68. The van der Waals surface area contributed by atoms with Crippen molar-refractivity contribution in [2.24, 2.45) is 0 Å². The number of rotatable bonds is 4. The van der Waals surface area contributed by atoms with E-state index in [1.807, 2.05) is 12.4 Å². The maximum Gasteiger partial charge on any atom is 0.0592 e. The quantitative estimate of drug-likeness (QED) is 0.893. The highest BCUT2D eigenvalue weighted by atomic mass is 79.9. The zero-order valence-electron chi connectivity index (χ0n) is 12.5. The fourth-order valence-corrected chi connectivity index (χ4v) is 2.74. The molecule has 0 aliphatic rings. The minimum atomic E-state index is 0.193. The molecule has 0 fully saturated rings. The van der Waals surface area contributed by atoms with Crippen LogP contribution in [0.2, 0.25) is 0 Å². The lowest BCUT2D eigenvalue weighted by Crippen LogP contribution is -2.22. The van der Waals surface area contributed by atoms with Gasteiger partial charge in [-0.25, -0.2) is 0 Å². The molecule has 1 N–H and O–H groups in total. The van der Waals surface area contributed by atoms with E-state index in [1.165, 1.54) is 32.3 Å². The molecule has 2 nitrogen and oxygen atoms in total. The van der Waals surface area contributed by atoms with Gasteiger partial charge >= 0.3 is 0 Å². The first kappa shape index (κ1) is 15.2. The molecule has 0 radical (unpaired) electrons. The van der Waals surface area contributed by atoms with Crippen molar-refractivity contribution in [3.8, 4) is 0 Å². The minimum absolute atomic E-state index is 0.193. The monoisotopic (exact) mass is 332 g/mol. The standard InChI is InChI=1S/C17H21BrN2/c1-5-20-17(15-6-11(2)9-19-10-15)14-7-12(3)16(18)13(4)8-14/h6-10,17,20H,5H2,1-4H3. The predicted molar refractivity (Wildman–Crippen MR) is 88.1 cm³/mol. The molecule has 20 heavy (non-hydrogen) atoms. The van der Waals surface area contributed by atoms with Crippen molar-refractivity contribution in [2.45, 2.75) is 33.7 Å². The number of halogens is 1. The zero-order chi connectivity index (χ0) is 14.7. The summed E-state index contributed by atoms with van der Waals surface area (Å²) in [5.74, 6) is 0. The van der Waals surface area contributed by atoms with Crippen LogP contribution in [-0.4, -0.2) is 11.5 Å². The highest BCUT2D eigenvalue weighted by Crippen LogP contribution is 2.28. The summed E-state index contributed by atoms with van der Waals surface area (Å²) in [4.78, 5) is 4.33. The highest BCUT2D eigenvalue weighted by Gasteiger charge is 2.15. The lowest BCUT2D eigenvalue weighted by molar-refractivity contribution is 0.627. The molecule has 2 rings (SSSR count). The van der Waals surface area contributed by atoms with Crippen molar-refractivity contribution in [3.05, 3.63) is 62.9 Å². The van der Waals surface area contributed by atoms with E-state index in [-0.39, 0.29) is 6.04 Å². The second-order valence-electron chi connectivity index (χ2n) is 5.25. The maximum absolute atomic E-state index is 4.33. The van der Waals surface area contributed by atoms with Gasteiger partial charge in [-0.15, -0.1) is 0 Å². The van der Waals surface area contributed by atoms with Crippen molar-refractivity contribution in [2.75, 3.05) is 6.54 Å². The molecule has 0 spiro atoms. The number of aryl methyl sites for hydroxylation is 3. The normalized spacial score (nSPS) is 12.4. The number of nitrogens with zero attached hydrogens (tertiary/aromatic N) is 1. The lowest BCUT2D eigenvalue weighted by atomic mass is 9.96. The number of aromatic nitrogens is 1. The second-order valence-corrected chi connectivity index (χ2v) is 6.05. The van der Waals surface area contributed by atoms with E-state index >= 15 is 0 Å². The number of benzene rings is 1. The Bertz CT molecular complexity index is 585. The van der Waals surface area contributed by atoms with Crippen LogP contribution in [-0.2, 0) is 0 Å². The van der Waals surface area contributed by atoms with Gasteiger partial charge in [0, 0.05) is 16.9 Å². The summed E-state index contributed by atoms with van der Waals surface area (Å²) in [6.45, 7) is 9.41. The summed E-state index contributed by atoms with van der Waals surface area (Å²) in [5, 5.41) is 3.56. The minimum Gasteiger partial charge on any atom is -0.306 e. The molecular formula is C17H21BrN2. The second kappa shape index (κ2) is 6.51. The molecule has 1 aromatic carbocycles. The smallest absolute Gasteiger partial charge is 0.0592 e. The van der Waals surface area contributed by atoms with Crippen molar-refractivity contribution in [1.29, 1.82) is 0 Å². The third-order valence-electron chi connectivity index (χ3n) is 3.43. The Kier molecular flexibility index (Phi) is 4.95. The van der Waals surface area contributed by atoms with Crippen LogP contribution in [0, 0.1) is 20.8 Å². The van der Waals surface area contributed by atoms with Crippen LogP contribution in [0.15, 0.2) is 35.1 Å². The van der Waals surface area contributed by atoms with E-state index in [2.05, 4.69) is 72.1 Å². The molecule has 0 aliphatic carbocycles. The molecule has 2 aromatic rings. The van der Waals surface area contributed by atoms with Gasteiger partial charge in [-0.1, -0.05) is 41.1 Å². The third kappa shape index (κ3) is 3.28. The van der Waals surface area contributed by atoms with E-state index in [1.54, 1.807) is 0 Å². The summed E-state index contributed by atoms with van der Waals surface area (Å²) >= 11 is 3.64. The van der Waals surface area contributed by atoms with Crippen molar-refractivity contribution < 1.29 is 0 Å². The van der Waals surface area contributed by atoms with Gasteiger partial charge in [-0.3, -0.25) is 4.98 Å². The fourth-order valence-electron chi connectivity index (χ4n) is 2.51. The molecule has 0 aliphatic heterocycles. The molecule has 1 aromatic heterocycles. The van der Waals surface area contributed by atoms with Gasteiger partial charge in [0.15, 0.2) is 0 Å². The van der Waals surface area contributed by atoms with Crippen molar-refractivity contribution in [3.63, 3.8) is 0 Å².